The van der Waals surface area contributed by atoms with Crippen molar-refractivity contribution in [3.63, 3.8) is 0 Å². The van der Waals surface area contributed by atoms with Gasteiger partial charge in [-0.3, -0.25) is 9.71 Å². The van der Waals surface area contributed by atoms with Crippen LogP contribution in [-0.4, -0.2) is 36.4 Å². The number of hydrogen-bond acceptors (Lipinski definition) is 5. The van der Waals surface area contributed by atoms with E-state index in [0.29, 0.717) is 16.5 Å². The number of ether oxygens (including phenoxy) is 1. The van der Waals surface area contributed by atoms with Crippen molar-refractivity contribution in [3.05, 3.63) is 102 Å². The Morgan fingerprint density at radius 2 is 1.86 bits per heavy atom. The van der Waals surface area contributed by atoms with Gasteiger partial charge in [0.25, 0.3) is 0 Å². The number of pyridine rings is 1. The maximum absolute atomic E-state index is 11.8. The molecule has 1 saturated heterocycles. The highest BCUT2D eigenvalue weighted by Gasteiger charge is 2.42. The Kier molecular flexibility index (Phi) is 6.61. The average Bonchev–Trinajstić information content (AvgIpc) is 3.48. The Labute approximate surface area is 222 Å². The highest BCUT2D eigenvalue weighted by molar-refractivity contribution is 7.92. The molecule has 1 fully saturated rings. The lowest BCUT2D eigenvalue weighted by Crippen LogP contribution is -2.30. The van der Waals surface area contributed by atoms with Gasteiger partial charge in [0.2, 0.25) is 10.0 Å². The first-order valence-corrected chi connectivity index (χ1v) is 14.0. The van der Waals surface area contributed by atoms with E-state index in [-0.39, 0.29) is 12.1 Å². The predicted molar refractivity (Wildman–Crippen MR) is 150 cm³/mol. The topological polar surface area (TPSA) is 88.5 Å². The molecule has 3 heterocycles. The van der Waals surface area contributed by atoms with E-state index in [1.807, 2.05) is 47.5 Å². The molecule has 0 radical (unpaired) electrons. The maximum Gasteiger partial charge on any atom is 0.229 e. The van der Waals surface area contributed by atoms with E-state index in [4.69, 9.17) is 17.0 Å². The second kappa shape index (κ2) is 9.87. The van der Waals surface area contributed by atoms with Crippen LogP contribution >= 0.6 is 12.2 Å². The quantitative estimate of drug-likeness (QED) is 0.332. The fourth-order valence-electron chi connectivity index (χ4n) is 4.70. The van der Waals surface area contributed by atoms with Crippen LogP contribution in [0.2, 0.25) is 0 Å². The molecule has 0 amide bonds. The number of rotatable bonds is 7. The smallest absolute Gasteiger partial charge is 0.229 e. The van der Waals surface area contributed by atoms with Crippen molar-refractivity contribution < 1.29 is 13.2 Å². The number of nitrogens with one attached hydrogen (secondary N) is 2. The first-order valence-electron chi connectivity index (χ1n) is 11.7. The average molecular weight is 534 g/mol. The lowest BCUT2D eigenvalue weighted by atomic mass is 10.0. The molecule has 190 valence electrons. The molecule has 0 saturated carbocycles. The van der Waals surface area contributed by atoms with Crippen LogP contribution < -0.4 is 19.7 Å². The van der Waals surface area contributed by atoms with Crippen LogP contribution in [0.4, 0.5) is 11.4 Å². The molecule has 0 bridgehead atoms. The van der Waals surface area contributed by atoms with Crippen LogP contribution in [-0.2, 0) is 10.0 Å². The van der Waals surface area contributed by atoms with Crippen LogP contribution in [0.1, 0.15) is 29.0 Å². The van der Waals surface area contributed by atoms with E-state index in [1.165, 1.54) is 7.11 Å². The zero-order valence-electron chi connectivity index (χ0n) is 20.6. The van der Waals surface area contributed by atoms with Crippen LogP contribution in [0.15, 0.2) is 85.2 Å². The van der Waals surface area contributed by atoms with E-state index >= 15 is 0 Å². The fourth-order valence-corrected chi connectivity index (χ4v) is 5.61. The molecule has 0 unspecified atom stereocenters. The number of sulfonamides is 1. The van der Waals surface area contributed by atoms with Crippen molar-refractivity contribution in [2.24, 2.45) is 0 Å². The number of anilines is 2. The van der Waals surface area contributed by atoms with Crippen molar-refractivity contribution in [2.75, 3.05) is 23.0 Å². The molecule has 8 nitrogen and oxygen atoms in total. The third kappa shape index (κ3) is 5.03. The molecule has 10 heteroatoms. The molecule has 2 aromatic heterocycles. The highest BCUT2D eigenvalue weighted by atomic mass is 32.2. The van der Waals surface area contributed by atoms with Gasteiger partial charge in [0.15, 0.2) is 5.11 Å². The van der Waals surface area contributed by atoms with Gasteiger partial charge in [-0.1, -0.05) is 18.2 Å². The summed E-state index contributed by atoms with van der Waals surface area (Å²) in [5, 5.41) is 4.00. The minimum Gasteiger partial charge on any atom is -0.494 e. The normalized spacial score (nSPS) is 17.5. The molecule has 1 aliphatic rings. The summed E-state index contributed by atoms with van der Waals surface area (Å²) in [5.74, 6) is 0.389. The second-order valence-corrected chi connectivity index (χ2v) is 11.0. The second-order valence-electron chi connectivity index (χ2n) is 8.90. The van der Waals surface area contributed by atoms with Gasteiger partial charge in [-0.05, 0) is 73.2 Å². The molecule has 2 N–H and O–H groups in total. The zero-order valence-corrected chi connectivity index (χ0v) is 22.3. The third-order valence-electron chi connectivity index (χ3n) is 6.22. The highest BCUT2D eigenvalue weighted by Crippen LogP contribution is 2.44. The van der Waals surface area contributed by atoms with Crippen molar-refractivity contribution in [3.8, 4) is 11.4 Å². The largest absolute Gasteiger partial charge is 0.494 e. The molecule has 2 aromatic carbocycles. The minimum atomic E-state index is -3.48. The molecule has 37 heavy (non-hydrogen) atoms. The first-order chi connectivity index (χ1) is 17.7. The van der Waals surface area contributed by atoms with Crippen molar-refractivity contribution in [1.29, 1.82) is 0 Å². The van der Waals surface area contributed by atoms with Gasteiger partial charge in [0, 0.05) is 35.5 Å². The lowest BCUT2D eigenvalue weighted by molar-refractivity contribution is 0.417. The van der Waals surface area contributed by atoms with E-state index in [1.54, 1.807) is 18.3 Å². The summed E-state index contributed by atoms with van der Waals surface area (Å²) in [6.07, 6.45) is 4.92. The molecule has 5 rings (SSSR count). The summed E-state index contributed by atoms with van der Waals surface area (Å²) in [6.45, 7) is 2.07. The number of hydrogen-bond donors (Lipinski definition) is 2. The molecular formula is C27H27N5O3S2. The summed E-state index contributed by atoms with van der Waals surface area (Å²) in [4.78, 5) is 6.66. The molecule has 0 aliphatic carbocycles. The summed E-state index contributed by atoms with van der Waals surface area (Å²) < 4.78 is 33.9. The lowest BCUT2D eigenvalue weighted by Gasteiger charge is -2.29. The summed E-state index contributed by atoms with van der Waals surface area (Å²) >= 11 is 5.86. The number of aromatic nitrogens is 2. The van der Waals surface area contributed by atoms with Crippen LogP contribution in [0.3, 0.4) is 0 Å². The maximum atomic E-state index is 11.8. The van der Waals surface area contributed by atoms with Gasteiger partial charge in [-0.25, -0.2) is 8.42 Å². The van der Waals surface area contributed by atoms with Crippen molar-refractivity contribution in [1.82, 2.24) is 14.9 Å². The van der Waals surface area contributed by atoms with Crippen LogP contribution in [0, 0.1) is 6.92 Å². The van der Waals surface area contributed by atoms with Crippen molar-refractivity contribution >= 4 is 38.7 Å². The van der Waals surface area contributed by atoms with Gasteiger partial charge in [0.05, 0.1) is 30.8 Å². The number of thiocarbonyl (C=S) groups is 1. The Morgan fingerprint density at radius 1 is 1.03 bits per heavy atom. The van der Waals surface area contributed by atoms with E-state index in [0.717, 1.165) is 34.6 Å². The van der Waals surface area contributed by atoms with Gasteiger partial charge >= 0.3 is 0 Å². The number of aryl methyl sites for hydroxylation is 1. The van der Waals surface area contributed by atoms with Crippen LogP contribution in [0.25, 0.3) is 5.69 Å². The Balaban J connectivity index is 1.65. The standard InChI is InChI=1S/C27H27N5O3S2/c1-18-8-6-9-19(16-18)31-15-7-11-23(31)26-25(22-10-4-5-14-28-22)29-27(36)32(26)20-12-13-21(24(17-20)35-2)30-37(3,33)34/h4-17,25-26,30H,1-3H3,(H,29,36)/t25-,26+/m0/s1. The predicted octanol–water partition coefficient (Wildman–Crippen LogP) is 4.74. The number of nitrogens with zero attached hydrogens (tertiary/aromatic N) is 3. The van der Waals surface area contributed by atoms with Gasteiger partial charge in [-0.15, -0.1) is 0 Å². The molecule has 4 aromatic rings. The number of benzene rings is 2. The molecular weight excluding hydrogens is 506 g/mol. The number of methoxy groups -OCH3 is 1. The minimum absolute atomic E-state index is 0.230. The van der Waals surface area contributed by atoms with Crippen molar-refractivity contribution in [2.45, 2.75) is 19.0 Å². The zero-order chi connectivity index (χ0) is 26.2. The Hall–Kier alpha value is -3.89. The van der Waals surface area contributed by atoms with Gasteiger partial charge in [-0.2, -0.15) is 0 Å². The van der Waals surface area contributed by atoms with E-state index < -0.39 is 10.0 Å². The van der Waals surface area contributed by atoms with Gasteiger partial charge in [0.1, 0.15) is 11.8 Å². The summed E-state index contributed by atoms with van der Waals surface area (Å²) in [6, 6.07) is 23.1. The van der Waals surface area contributed by atoms with Gasteiger partial charge < -0.3 is 19.5 Å². The molecule has 0 spiro atoms. The fraction of sp³-hybridized carbons (Fsp3) is 0.185. The third-order valence-corrected chi connectivity index (χ3v) is 7.13. The Morgan fingerprint density at radius 3 is 2.57 bits per heavy atom. The summed E-state index contributed by atoms with van der Waals surface area (Å²) in [7, 11) is -1.97. The Bertz CT molecular complexity index is 1550. The van der Waals surface area contributed by atoms with Crippen LogP contribution in [0.5, 0.6) is 5.75 Å². The monoisotopic (exact) mass is 533 g/mol. The molecule has 2 atom stereocenters. The SMILES string of the molecule is COc1cc(N2C(=S)N[C@@H](c3ccccn3)[C@H]2c2cccn2-c2cccc(C)c2)ccc1NS(C)(=O)=O. The molecule has 1 aliphatic heterocycles. The first kappa shape index (κ1) is 24.8. The van der Waals surface area contributed by atoms with E-state index in [2.05, 4.69) is 50.8 Å². The van der Waals surface area contributed by atoms with E-state index in [9.17, 15) is 8.42 Å². The summed E-state index contributed by atoms with van der Waals surface area (Å²) in [5.41, 5.74) is 5.20.